The molecular weight excluding hydrogens is 206 g/mol. The Morgan fingerprint density at radius 2 is 2.07 bits per heavy atom. The highest BCUT2D eigenvalue weighted by Gasteiger charge is 2.30. The summed E-state index contributed by atoms with van der Waals surface area (Å²) in [6.07, 6.45) is 0. The number of anilines is 1. The van der Waals surface area contributed by atoms with Gasteiger partial charge in [-0.1, -0.05) is 11.6 Å². The number of nitrogens with one attached hydrogen (secondary N) is 1. The number of rotatable bonds is 1. The van der Waals surface area contributed by atoms with E-state index in [4.69, 9.17) is 16.3 Å². The third-order valence-corrected chi connectivity index (χ3v) is 2.19. The number of amides is 1. The molecule has 0 spiro atoms. The number of benzene rings is 1. The van der Waals surface area contributed by atoms with Crippen LogP contribution in [0.5, 0.6) is 5.75 Å². The van der Waals surface area contributed by atoms with E-state index in [1.54, 1.807) is 6.07 Å². The number of hydrogen-bond acceptors (Lipinski definition) is 3. The minimum atomic E-state index is -0.652. The van der Waals surface area contributed by atoms with Crippen LogP contribution in [0.15, 0.2) is 12.1 Å². The molecule has 1 N–H and O–H groups in total. The molecule has 0 aromatic heterocycles. The van der Waals surface area contributed by atoms with E-state index in [9.17, 15) is 9.59 Å². The van der Waals surface area contributed by atoms with Crippen molar-refractivity contribution < 1.29 is 14.3 Å². The molecule has 1 aromatic rings. The van der Waals surface area contributed by atoms with Crippen LogP contribution in [0.25, 0.3) is 0 Å². The fourth-order valence-electron chi connectivity index (χ4n) is 1.34. The maximum absolute atomic E-state index is 11.3. The molecule has 0 saturated heterocycles. The van der Waals surface area contributed by atoms with Gasteiger partial charge < -0.3 is 10.1 Å². The summed E-state index contributed by atoms with van der Waals surface area (Å²) in [6.45, 7) is 0. The Labute approximate surface area is 84.8 Å². The normalized spacial score (nSPS) is 13.9. The SMILES string of the molecule is COc1cc(Cl)cc2c1NC(=O)C2=O. The first kappa shape index (κ1) is 9.02. The largest absolute Gasteiger partial charge is 0.494 e. The topological polar surface area (TPSA) is 55.4 Å². The van der Waals surface area contributed by atoms with Crippen molar-refractivity contribution >= 4 is 29.0 Å². The summed E-state index contributed by atoms with van der Waals surface area (Å²) in [4.78, 5) is 22.3. The molecule has 0 aliphatic carbocycles. The highest BCUT2D eigenvalue weighted by molar-refractivity contribution is 6.52. The molecule has 72 valence electrons. The summed E-state index contributed by atoms with van der Waals surface area (Å²) in [7, 11) is 1.45. The molecule has 1 aliphatic rings. The summed E-state index contributed by atoms with van der Waals surface area (Å²) in [5.74, 6) is -0.840. The summed E-state index contributed by atoms with van der Waals surface area (Å²) in [6, 6.07) is 2.99. The van der Waals surface area contributed by atoms with E-state index in [0.717, 1.165) is 0 Å². The lowest BCUT2D eigenvalue weighted by atomic mass is 10.1. The standard InChI is InChI=1S/C9H6ClNO3/c1-14-6-3-4(10)2-5-7(6)11-9(13)8(5)12/h2-3H,1H3,(H,11,12,13). The third-order valence-electron chi connectivity index (χ3n) is 1.98. The molecule has 5 heteroatoms. The van der Waals surface area contributed by atoms with Crippen LogP contribution in [0, 0.1) is 0 Å². The zero-order chi connectivity index (χ0) is 10.3. The molecule has 1 aliphatic heterocycles. The molecular formula is C9H6ClNO3. The molecule has 4 nitrogen and oxygen atoms in total. The number of carbonyl (C=O) groups is 2. The maximum atomic E-state index is 11.3. The van der Waals surface area contributed by atoms with Crippen molar-refractivity contribution in [3.05, 3.63) is 22.7 Å². The van der Waals surface area contributed by atoms with Crippen molar-refractivity contribution in [3.8, 4) is 5.75 Å². The number of Topliss-reactive ketones (excluding diaryl/α,β-unsaturated/α-hetero) is 1. The minimum Gasteiger partial charge on any atom is -0.494 e. The predicted octanol–water partition coefficient (Wildman–Crippen LogP) is 1.48. The lowest BCUT2D eigenvalue weighted by molar-refractivity contribution is -0.112. The van der Waals surface area contributed by atoms with E-state index in [2.05, 4.69) is 5.32 Å². The van der Waals surface area contributed by atoms with E-state index in [0.29, 0.717) is 16.5 Å². The van der Waals surface area contributed by atoms with Gasteiger partial charge in [0.15, 0.2) is 0 Å². The Kier molecular flexibility index (Phi) is 1.93. The molecule has 2 rings (SSSR count). The van der Waals surface area contributed by atoms with Crippen LogP contribution < -0.4 is 10.1 Å². The van der Waals surface area contributed by atoms with E-state index < -0.39 is 11.7 Å². The zero-order valence-electron chi connectivity index (χ0n) is 7.26. The smallest absolute Gasteiger partial charge is 0.296 e. The molecule has 0 saturated carbocycles. The minimum absolute atomic E-state index is 0.263. The lowest BCUT2D eigenvalue weighted by Gasteiger charge is -2.05. The monoisotopic (exact) mass is 211 g/mol. The van der Waals surface area contributed by atoms with E-state index in [-0.39, 0.29) is 5.56 Å². The third kappa shape index (κ3) is 1.15. The summed E-state index contributed by atoms with van der Waals surface area (Å²) in [5.41, 5.74) is 0.659. The Morgan fingerprint density at radius 3 is 2.71 bits per heavy atom. The van der Waals surface area contributed by atoms with Gasteiger partial charge in [-0.3, -0.25) is 9.59 Å². The molecule has 0 bridgehead atoms. The van der Waals surface area contributed by atoms with Crippen LogP contribution >= 0.6 is 11.6 Å². The molecule has 1 amide bonds. The first-order valence-electron chi connectivity index (χ1n) is 3.86. The Hall–Kier alpha value is -1.55. The maximum Gasteiger partial charge on any atom is 0.296 e. The van der Waals surface area contributed by atoms with E-state index in [1.807, 2.05) is 0 Å². The Bertz CT molecular complexity index is 442. The Morgan fingerprint density at radius 1 is 1.36 bits per heavy atom. The van der Waals surface area contributed by atoms with Gasteiger partial charge in [-0.2, -0.15) is 0 Å². The van der Waals surface area contributed by atoms with Gasteiger partial charge in [0, 0.05) is 11.1 Å². The fraction of sp³-hybridized carbons (Fsp3) is 0.111. The van der Waals surface area contributed by atoms with Crippen molar-refractivity contribution in [2.24, 2.45) is 0 Å². The summed E-state index contributed by atoms with van der Waals surface area (Å²) < 4.78 is 4.98. The second kappa shape index (κ2) is 2.99. The fourth-order valence-corrected chi connectivity index (χ4v) is 1.55. The van der Waals surface area contributed by atoms with Gasteiger partial charge in [0.2, 0.25) is 0 Å². The van der Waals surface area contributed by atoms with Crippen molar-refractivity contribution in [1.29, 1.82) is 0 Å². The number of ketones is 1. The number of carbonyl (C=O) groups excluding carboxylic acids is 2. The van der Waals surface area contributed by atoms with E-state index in [1.165, 1.54) is 13.2 Å². The van der Waals surface area contributed by atoms with Crippen LogP contribution in [0.4, 0.5) is 5.69 Å². The van der Waals surface area contributed by atoms with Crippen molar-refractivity contribution in [2.75, 3.05) is 12.4 Å². The number of fused-ring (bicyclic) bond motifs is 1. The van der Waals surface area contributed by atoms with Gasteiger partial charge in [-0.25, -0.2) is 0 Å². The number of methoxy groups -OCH3 is 1. The molecule has 1 heterocycles. The molecule has 14 heavy (non-hydrogen) atoms. The van der Waals surface area contributed by atoms with Gasteiger partial charge >= 0.3 is 0 Å². The quantitative estimate of drug-likeness (QED) is 0.716. The second-order valence-electron chi connectivity index (χ2n) is 2.81. The molecule has 0 fully saturated rings. The molecule has 0 atom stereocenters. The second-order valence-corrected chi connectivity index (χ2v) is 3.25. The zero-order valence-corrected chi connectivity index (χ0v) is 8.01. The highest BCUT2D eigenvalue weighted by atomic mass is 35.5. The van der Waals surface area contributed by atoms with Crippen LogP contribution in [-0.4, -0.2) is 18.8 Å². The van der Waals surface area contributed by atoms with Crippen molar-refractivity contribution in [1.82, 2.24) is 0 Å². The average molecular weight is 212 g/mol. The predicted molar refractivity (Wildman–Crippen MR) is 51.0 cm³/mol. The molecule has 0 unspecified atom stereocenters. The highest BCUT2D eigenvalue weighted by Crippen LogP contribution is 2.35. The van der Waals surface area contributed by atoms with Crippen LogP contribution in [0.2, 0.25) is 5.02 Å². The molecule has 1 aromatic carbocycles. The lowest BCUT2D eigenvalue weighted by Crippen LogP contribution is -2.12. The summed E-state index contributed by atoms with van der Waals surface area (Å²) >= 11 is 5.75. The number of halogens is 1. The van der Waals surface area contributed by atoms with Gasteiger partial charge in [0.05, 0.1) is 18.4 Å². The first-order chi connectivity index (χ1) is 6.63. The molecule has 0 radical (unpaired) electrons. The van der Waals surface area contributed by atoms with Crippen molar-refractivity contribution in [3.63, 3.8) is 0 Å². The van der Waals surface area contributed by atoms with E-state index >= 15 is 0 Å². The van der Waals surface area contributed by atoms with Gasteiger partial charge in [-0.15, -0.1) is 0 Å². The average Bonchev–Trinajstić information content (AvgIpc) is 2.43. The number of ether oxygens (including phenoxy) is 1. The van der Waals surface area contributed by atoms with Gasteiger partial charge in [0.25, 0.3) is 11.7 Å². The van der Waals surface area contributed by atoms with Crippen molar-refractivity contribution in [2.45, 2.75) is 0 Å². The summed E-state index contributed by atoms with van der Waals surface area (Å²) in [5, 5.41) is 2.79. The Balaban J connectivity index is 2.67. The van der Waals surface area contributed by atoms with Crippen LogP contribution in [0.3, 0.4) is 0 Å². The van der Waals surface area contributed by atoms with Crippen LogP contribution in [0.1, 0.15) is 10.4 Å². The first-order valence-corrected chi connectivity index (χ1v) is 4.24. The number of hydrogen-bond donors (Lipinski definition) is 1. The van der Waals surface area contributed by atoms with Gasteiger partial charge in [-0.05, 0) is 6.07 Å². The van der Waals surface area contributed by atoms with Crippen LogP contribution in [-0.2, 0) is 4.79 Å². The van der Waals surface area contributed by atoms with Gasteiger partial charge in [0.1, 0.15) is 5.75 Å².